The largest absolute Gasteiger partial charge is 0.369 e. The lowest BCUT2D eigenvalue weighted by atomic mass is 10.1. The third-order valence-corrected chi connectivity index (χ3v) is 4.31. The van der Waals surface area contributed by atoms with Gasteiger partial charge >= 0.3 is 0 Å². The Kier molecular flexibility index (Phi) is 5.16. The number of piperazine rings is 1. The van der Waals surface area contributed by atoms with Gasteiger partial charge in [0, 0.05) is 31.9 Å². The first-order valence-electron chi connectivity index (χ1n) is 8.31. The molecule has 4 heteroatoms. The lowest BCUT2D eigenvalue weighted by molar-refractivity contribution is 0.201. The Hall–Kier alpha value is -2.04. The van der Waals surface area contributed by atoms with Crippen LogP contribution in [-0.2, 0) is 11.3 Å². The van der Waals surface area contributed by atoms with Crippen LogP contribution in [0, 0.1) is 0 Å². The fourth-order valence-corrected chi connectivity index (χ4v) is 3.12. The Bertz CT molecular complexity index is 624. The molecule has 1 heterocycles. The molecule has 0 radical (unpaired) electrons. The molecular weight excluding hydrogens is 286 g/mol. The van der Waals surface area contributed by atoms with E-state index in [1.165, 1.54) is 11.3 Å². The van der Waals surface area contributed by atoms with Crippen molar-refractivity contribution >= 4 is 17.1 Å². The van der Waals surface area contributed by atoms with Gasteiger partial charge in [0.15, 0.2) is 0 Å². The molecule has 0 saturated carbocycles. The Labute approximate surface area is 138 Å². The predicted octanol–water partition coefficient (Wildman–Crippen LogP) is 3.36. The average Bonchev–Trinajstić information content (AvgIpc) is 2.64. The summed E-state index contributed by atoms with van der Waals surface area (Å²) < 4.78 is 0. The highest BCUT2D eigenvalue weighted by molar-refractivity contribution is 5.67. The zero-order chi connectivity index (χ0) is 16.1. The van der Waals surface area contributed by atoms with Gasteiger partial charge in [-0.3, -0.25) is 4.84 Å². The number of para-hydroxylation sites is 1. The van der Waals surface area contributed by atoms with E-state index in [0.29, 0.717) is 0 Å². The summed E-state index contributed by atoms with van der Waals surface area (Å²) in [6, 6.07) is 16.8. The Morgan fingerprint density at radius 3 is 2.43 bits per heavy atom. The highest BCUT2D eigenvalue weighted by Gasteiger charge is 2.16. The van der Waals surface area contributed by atoms with Gasteiger partial charge in [0.2, 0.25) is 0 Å². The molecule has 0 amide bonds. The van der Waals surface area contributed by atoms with Gasteiger partial charge in [-0.25, -0.2) is 5.06 Å². The van der Waals surface area contributed by atoms with Crippen LogP contribution in [0.2, 0.25) is 0 Å². The maximum Gasteiger partial charge on any atom is 0.0699 e. The summed E-state index contributed by atoms with van der Waals surface area (Å²) in [6.07, 6.45) is 1.01. The molecule has 0 aromatic heterocycles. The van der Waals surface area contributed by atoms with Gasteiger partial charge in [-0.15, -0.1) is 0 Å². The smallest absolute Gasteiger partial charge is 0.0699 e. The fraction of sp³-hybridized carbons (Fsp3) is 0.368. The van der Waals surface area contributed by atoms with Crippen molar-refractivity contribution in [2.75, 3.05) is 43.3 Å². The van der Waals surface area contributed by atoms with Gasteiger partial charge in [0.25, 0.3) is 0 Å². The molecule has 0 unspecified atom stereocenters. The highest BCUT2D eigenvalue weighted by Crippen LogP contribution is 2.31. The van der Waals surface area contributed by atoms with Crippen molar-refractivity contribution in [3.63, 3.8) is 0 Å². The Morgan fingerprint density at radius 2 is 1.78 bits per heavy atom. The number of anilines is 3. The molecule has 3 rings (SSSR count). The van der Waals surface area contributed by atoms with E-state index in [-0.39, 0.29) is 0 Å². The molecule has 23 heavy (non-hydrogen) atoms. The summed E-state index contributed by atoms with van der Waals surface area (Å²) in [4.78, 5) is 8.09. The highest BCUT2D eigenvalue weighted by atomic mass is 16.7. The van der Waals surface area contributed by atoms with Gasteiger partial charge in [0.1, 0.15) is 0 Å². The molecule has 0 atom stereocenters. The van der Waals surface area contributed by atoms with Crippen molar-refractivity contribution in [3.8, 4) is 0 Å². The Morgan fingerprint density at radius 1 is 1.04 bits per heavy atom. The average molecular weight is 311 g/mol. The van der Waals surface area contributed by atoms with E-state index in [2.05, 4.69) is 47.5 Å². The lowest BCUT2D eigenvalue weighted by Crippen LogP contribution is -2.43. The van der Waals surface area contributed by atoms with Crippen LogP contribution in [0.15, 0.2) is 48.5 Å². The second-order valence-electron chi connectivity index (χ2n) is 5.72. The summed E-state index contributed by atoms with van der Waals surface area (Å²) in [5.74, 6) is 0. The van der Waals surface area contributed by atoms with Gasteiger partial charge in [0.05, 0.1) is 18.5 Å². The molecule has 1 aliphatic rings. The zero-order valence-electron chi connectivity index (χ0n) is 14.0. The topological polar surface area (TPSA) is 27.7 Å². The number of nitrogens with zero attached hydrogens (tertiary/aromatic N) is 2. The van der Waals surface area contributed by atoms with Gasteiger partial charge in [-0.1, -0.05) is 25.1 Å². The first-order chi connectivity index (χ1) is 11.3. The number of hydrogen-bond donors (Lipinski definition) is 1. The number of rotatable bonds is 5. The van der Waals surface area contributed by atoms with E-state index < -0.39 is 0 Å². The molecule has 0 spiro atoms. The van der Waals surface area contributed by atoms with Crippen LogP contribution < -0.4 is 15.3 Å². The number of benzene rings is 2. The maximum absolute atomic E-state index is 5.62. The van der Waals surface area contributed by atoms with Crippen LogP contribution in [0.4, 0.5) is 17.1 Å². The van der Waals surface area contributed by atoms with Crippen LogP contribution in [0.1, 0.15) is 12.5 Å². The summed E-state index contributed by atoms with van der Waals surface area (Å²) in [5, 5.41) is 5.29. The summed E-state index contributed by atoms with van der Waals surface area (Å²) >= 11 is 0. The van der Waals surface area contributed by atoms with Gasteiger partial charge < -0.3 is 10.2 Å². The zero-order valence-corrected chi connectivity index (χ0v) is 14.0. The quantitative estimate of drug-likeness (QED) is 0.857. The summed E-state index contributed by atoms with van der Waals surface area (Å²) in [5.41, 5.74) is 4.81. The Balaban J connectivity index is 1.91. The number of nitrogens with one attached hydrogen (secondary N) is 1. The molecule has 1 aliphatic heterocycles. The monoisotopic (exact) mass is 311 g/mol. The van der Waals surface area contributed by atoms with E-state index in [4.69, 9.17) is 4.84 Å². The molecule has 1 saturated heterocycles. The molecule has 0 aliphatic carbocycles. The van der Waals surface area contributed by atoms with E-state index in [1.807, 2.05) is 23.3 Å². The molecule has 2 aromatic rings. The SMILES string of the molecule is CCc1cc(N(OC)c2ccccc2)ccc1N1CCNCC1. The molecule has 122 valence electrons. The lowest BCUT2D eigenvalue weighted by Gasteiger charge is -2.32. The molecule has 4 nitrogen and oxygen atoms in total. The van der Waals surface area contributed by atoms with Crippen molar-refractivity contribution in [1.82, 2.24) is 5.32 Å². The normalized spacial score (nSPS) is 14.8. The van der Waals surface area contributed by atoms with E-state index in [1.54, 1.807) is 7.11 Å². The van der Waals surface area contributed by atoms with Crippen molar-refractivity contribution in [2.45, 2.75) is 13.3 Å². The van der Waals surface area contributed by atoms with Crippen molar-refractivity contribution in [2.24, 2.45) is 0 Å². The minimum atomic E-state index is 1.01. The minimum absolute atomic E-state index is 1.01. The first kappa shape index (κ1) is 15.8. The second-order valence-corrected chi connectivity index (χ2v) is 5.72. The van der Waals surface area contributed by atoms with Crippen LogP contribution in [0.5, 0.6) is 0 Å². The summed E-state index contributed by atoms with van der Waals surface area (Å²) in [7, 11) is 1.71. The van der Waals surface area contributed by atoms with Crippen molar-refractivity contribution < 1.29 is 4.84 Å². The summed E-state index contributed by atoms with van der Waals surface area (Å²) in [6.45, 7) is 6.46. The van der Waals surface area contributed by atoms with Gasteiger partial charge in [-0.05, 0) is 42.3 Å². The molecule has 2 aromatic carbocycles. The van der Waals surface area contributed by atoms with E-state index in [9.17, 15) is 0 Å². The van der Waals surface area contributed by atoms with Crippen molar-refractivity contribution in [3.05, 3.63) is 54.1 Å². The third kappa shape index (κ3) is 3.49. The third-order valence-electron chi connectivity index (χ3n) is 4.31. The number of hydrogen-bond acceptors (Lipinski definition) is 4. The van der Waals surface area contributed by atoms with Crippen LogP contribution in [-0.4, -0.2) is 33.3 Å². The first-order valence-corrected chi connectivity index (χ1v) is 8.31. The molecule has 0 bridgehead atoms. The molecule has 1 fully saturated rings. The fourth-order valence-electron chi connectivity index (χ4n) is 3.12. The second kappa shape index (κ2) is 7.49. The standard InChI is InChI=1S/C19H25N3O/c1-3-16-15-18(22(23-2)17-7-5-4-6-8-17)9-10-19(16)21-13-11-20-12-14-21/h4-10,15,20H,3,11-14H2,1-2H3. The predicted molar refractivity (Wildman–Crippen MR) is 96.5 cm³/mol. The minimum Gasteiger partial charge on any atom is -0.369 e. The number of aryl methyl sites for hydroxylation is 1. The molecular formula is C19H25N3O. The van der Waals surface area contributed by atoms with Crippen LogP contribution in [0.3, 0.4) is 0 Å². The van der Waals surface area contributed by atoms with Crippen LogP contribution >= 0.6 is 0 Å². The van der Waals surface area contributed by atoms with Crippen LogP contribution in [0.25, 0.3) is 0 Å². The van der Waals surface area contributed by atoms with Crippen molar-refractivity contribution in [1.29, 1.82) is 0 Å². The maximum atomic E-state index is 5.62. The van der Waals surface area contributed by atoms with E-state index in [0.717, 1.165) is 44.0 Å². The van der Waals surface area contributed by atoms with Gasteiger partial charge in [-0.2, -0.15) is 0 Å². The van der Waals surface area contributed by atoms with E-state index >= 15 is 0 Å². The molecule has 1 N–H and O–H groups in total.